The van der Waals surface area contributed by atoms with Crippen LogP contribution >= 0.6 is 15.9 Å². The standard InChI is InChI=1S/C21H24BrN3O3/c1-5-16-10-14-11-18(27-3)19(28-4)12-17(14)20(24-25(16)21(26)23-2)13-6-8-15(22)9-7-13/h6-9,11-12,16H,5,10H2,1-4H3,(H,23,26). The van der Waals surface area contributed by atoms with Crippen molar-refractivity contribution in [1.82, 2.24) is 10.3 Å². The summed E-state index contributed by atoms with van der Waals surface area (Å²) in [4.78, 5) is 12.6. The number of nitrogens with one attached hydrogen (secondary N) is 1. The van der Waals surface area contributed by atoms with E-state index < -0.39 is 0 Å². The maximum absolute atomic E-state index is 12.6. The first-order valence-electron chi connectivity index (χ1n) is 9.13. The van der Waals surface area contributed by atoms with Crippen molar-refractivity contribution in [3.63, 3.8) is 0 Å². The number of carbonyl (C=O) groups excluding carboxylic acids is 1. The second-order valence-corrected chi connectivity index (χ2v) is 7.40. The van der Waals surface area contributed by atoms with Crippen LogP contribution in [-0.4, -0.2) is 44.1 Å². The molecule has 1 N–H and O–H groups in total. The van der Waals surface area contributed by atoms with Crippen molar-refractivity contribution in [3.05, 3.63) is 57.6 Å². The molecule has 2 aromatic carbocycles. The maximum atomic E-state index is 12.6. The van der Waals surface area contributed by atoms with Gasteiger partial charge in [-0.15, -0.1) is 0 Å². The van der Waals surface area contributed by atoms with Crippen LogP contribution in [0.25, 0.3) is 0 Å². The molecule has 1 atom stereocenters. The number of benzene rings is 2. The molecule has 7 heteroatoms. The Hall–Kier alpha value is -2.54. The number of hydrogen-bond acceptors (Lipinski definition) is 4. The highest BCUT2D eigenvalue weighted by atomic mass is 79.9. The maximum Gasteiger partial charge on any atom is 0.337 e. The third-order valence-corrected chi connectivity index (χ3v) is 5.41. The van der Waals surface area contributed by atoms with Crippen molar-refractivity contribution in [2.45, 2.75) is 25.8 Å². The van der Waals surface area contributed by atoms with Crippen LogP contribution in [0, 0.1) is 0 Å². The number of carbonyl (C=O) groups is 1. The van der Waals surface area contributed by atoms with Gasteiger partial charge in [0.1, 0.15) is 0 Å². The Kier molecular flexibility index (Phi) is 6.24. The van der Waals surface area contributed by atoms with E-state index in [1.54, 1.807) is 26.3 Å². The lowest BCUT2D eigenvalue weighted by molar-refractivity contribution is 0.177. The number of hydrazone groups is 1. The van der Waals surface area contributed by atoms with E-state index in [1.807, 2.05) is 36.4 Å². The predicted octanol–water partition coefficient (Wildman–Crippen LogP) is 4.19. The van der Waals surface area contributed by atoms with Gasteiger partial charge in [-0.05, 0) is 42.7 Å². The zero-order valence-corrected chi connectivity index (χ0v) is 18.0. The second-order valence-electron chi connectivity index (χ2n) is 6.49. The molecular weight excluding hydrogens is 422 g/mol. The average molecular weight is 446 g/mol. The molecule has 1 aliphatic rings. The van der Waals surface area contributed by atoms with E-state index in [0.717, 1.165) is 33.3 Å². The van der Waals surface area contributed by atoms with Gasteiger partial charge in [0.2, 0.25) is 0 Å². The highest BCUT2D eigenvalue weighted by Crippen LogP contribution is 2.35. The molecule has 0 fully saturated rings. The molecule has 3 rings (SSSR count). The van der Waals surface area contributed by atoms with Gasteiger partial charge in [0, 0.05) is 22.6 Å². The van der Waals surface area contributed by atoms with Crippen molar-refractivity contribution in [2.24, 2.45) is 5.10 Å². The molecule has 1 heterocycles. The average Bonchev–Trinajstić information content (AvgIpc) is 2.89. The van der Waals surface area contributed by atoms with Gasteiger partial charge in [-0.2, -0.15) is 5.10 Å². The Balaban J connectivity index is 2.26. The molecule has 0 saturated heterocycles. The third-order valence-electron chi connectivity index (χ3n) is 4.88. The Morgan fingerprint density at radius 3 is 2.43 bits per heavy atom. The predicted molar refractivity (Wildman–Crippen MR) is 113 cm³/mol. The summed E-state index contributed by atoms with van der Waals surface area (Å²) in [6.07, 6.45) is 1.45. The molecule has 28 heavy (non-hydrogen) atoms. The van der Waals surface area contributed by atoms with E-state index in [1.165, 1.54) is 0 Å². The normalized spacial score (nSPS) is 16.0. The minimum absolute atomic E-state index is 0.0650. The smallest absolute Gasteiger partial charge is 0.337 e. The van der Waals surface area contributed by atoms with Gasteiger partial charge in [-0.1, -0.05) is 35.0 Å². The minimum Gasteiger partial charge on any atom is -0.493 e. The molecule has 6 nitrogen and oxygen atoms in total. The number of hydrogen-bond donors (Lipinski definition) is 1. The van der Waals surface area contributed by atoms with Gasteiger partial charge in [-0.25, -0.2) is 9.80 Å². The molecule has 1 unspecified atom stereocenters. The number of amides is 2. The minimum atomic E-state index is -0.229. The number of rotatable bonds is 4. The molecule has 0 bridgehead atoms. The molecule has 2 aromatic rings. The van der Waals surface area contributed by atoms with Gasteiger partial charge < -0.3 is 14.8 Å². The Morgan fingerprint density at radius 2 is 1.86 bits per heavy atom. The lowest BCUT2D eigenvalue weighted by atomic mass is 9.93. The van der Waals surface area contributed by atoms with Crippen LogP contribution in [0.1, 0.15) is 30.0 Å². The van der Waals surface area contributed by atoms with Crippen LogP contribution in [0.4, 0.5) is 4.79 Å². The monoisotopic (exact) mass is 445 g/mol. The van der Waals surface area contributed by atoms with E-state index >= 15 is 0 Å². The molecule has 0 aliphatic carbocycles. The quantitative estimate of drug-likeness (QED) is 0.766. The number of urea groups is 1. The van der Waals surface area contributed by atoms with Crippen molar-refractivity contribution in [3.8, 4) is 11.5 Å². The van der Waals surface area contributed by atoms with Gasteiger partial charge >= 0.3 is 6.03 Å². The van der Waals surface area contributed by atoms with E-state index in [9.17, 15) is 4.79 Å². The lowest BCUT2D eigenvalue weighted by Crippen LogP contribution is -2.42. The van der Waals surface area contributed by atoms with Gasteiger partial charge in [0.15, 0.2) is 11.5 Å². The first kappa shape index (κ1) is 20.2. The van der Waals surface area contributed by atoms with Crippen molar-refractivity contribution in [1.29, 1.82) is 0 Å². The molecule has 0 saturated carbocycles. The Labute approximate surface area is 173 Å². The Morgan fingerprint density at radius 1 is 1.21 bits per heavy atom. The van der Waals surface area contributed by atoms with Crippen LogP contribution < -0.4 is 14.8 Å². The van der Waals surface area contributed by atoms with E-state index in [-0.39, 0.29) is 12.1 Å². The van der Waals surface area contributed by atoms with E-state index in [0.29, 0.717) is 17.9 Å². The van der Waals surface area contributed by atoms with Crippen LogP contribution in [0.5, 0.6) is 11.5 Å². The first-order chi connectivity index (χ1) is 13.5. The van der Waals surface area contributed by atoms with Crippen molar-refractivity contribution in [2.75, 3.05) is 21.3 Å². The van der Waals surface area contributed by atoms with E-state index in [2.05, 4.69) is 28.2 Å². The number of halogens is 1. The van der Waals surface area contributed by atoms with Gasteiger partial charge in [-0.3, -0.25) is 0 Å². The molecule has 2 amide bonds. The van der Waals surface area contributed by atoms with Crippen LogP contribution in [-0.2, 0) is 6.42 Å². The van der Waals surface area contributed by atoms with Gasteiger partial charge in [0.25, 0.3) is 0 Å². The lowest BCUT2D eigenvalue weighted by Gasteiger charge is -2.25. The molecule has 0 aromatic heterocycles. The highest BCUT2D eigenvalue weighted by molar-refractivity contribution is 9.10. The zero-order chi connectivity index (χ0) is 20.3. The summed E-state index contributed by atoms with van der Waals surface area (Å²) in [6.45, 7) is 2.06. The SMILES string of the molecule is CCC1Cc2cc(OC)c(OC)cc2C(c2ccc(Br)cc2)=NN1C(=O)NC. The third kappa shape index (κ3) is 3.85. The number of fused-ring (bicyclic) bond motifs is 1. The summed E-state index contributed by atoms with van der Waals surface area (Å²) in [6, 6.07) is 11.5. The summed E-state index contributed by atoms with van der Waals surface area (Å²) < 4.78 is 12.0. The Bertz CT molecular complexity index is 897. The molecule has 1 aliphatic heterocycles. The largest absolute Gasteiger partial charge is 0.493 e. The molecule has 0 radical (unpaired) electrons. The van der Waals surface area contributed by atoms with Crippen LogP contribution in [0.3, 0.4) is 0 Å². The topological polar surface area (TPSA) is 63.2 Å². The summed E-state index contributed by atoms with van der Waals surface area (Å²) in [5.74, 6) is 1.30. The number of ether oxygens (including phenoxy) is 2. The number of nitrogens with zero attached hydrogens (tertiary/aromatic N) is 2. The molecule has 0 spiro atoms. The van der Waals surface area contributed by atoms with Crippen molar-refractivity contribution >= 4 is 27.7 Å². The molecular formula is C21H24BrN3O3. The summed E-state index contributed by atoms with van der Waals surface area (Å²) >= 11 is 3.47. The molecule has 148 valence electrons. The fraction of sp³-hybridized carbons (Fsp3) is 0.333. The van der Waals surface area contributed by atoms with Gasteiger partial charge in [0.05, 0.1) is 26.0 Å². The summed E-state index contributed by atoms with van der Waals surface area (Å²) in [5.41, 5.74) is 3.65. The van der Waals surface area contributed by atoms with Crippen LogP contribution in [0.2, 0.25) is 0 Å². The summed E-state index contributed by atoms with van der Waals surface area (Å²) in [7, 11) is 4.86. The first-order valence-corrected chi connectivity index (χ1v) is 9.92. The number of methoxy groups -OCH3 is 2. The van der Waals surface area contributed by atoms with E-state index in [4.69, 9.17) is 14.6 Å². The fourth-order valence-electron chi connectivity index (χ4n) is 3.36. The second kappa shape index (κ2) is 8.65. The summed E-state index contributed by atoms with van der Waals surface area (Å²) in [5, 5.41) is 9.05. The zero-order valence-electron chi connectivity index (χ0n) is 16.5. The van der Waals surface area contributed by atoms with Crippen LogP contribution in [0.15, 0.2) is 46.0 Å². The highest BCUT2D eigenvalue weighted by Gasteiger charge is 2.29. The fourth-order valence-corrected chi connectivity index (χ4v) is 3.62. The van der Waals surface area contributed by atoms with Crippen molar-refractivity contribution < 1.29 is 14.3 Å².